The fourth-order valence-electron chi connectivity index (χ4n) is 2.75. The van der Waals surface area contributed by atoms with Crippen molar-refractivity contribution in [3.63, 3.8) is 0 Å². The topological polar surface area (TPSA) is 41.4 Å². The zero-order chi connectivity index (χ0) is 18.0. The van der Waals surface area contributed by atoms with Gasteiger partial charge >= 0.3 is 0 Å². The Morgan fingerprint density at radius 3 is 2.60 bits per heavy atom. The van der Waals surface area contributed by atoms with Crippen molar-refractivity contribution >= 4 is 34.6 Å². The summed E-state index contributed by atoms with van der Waals surface area (Å²) in [6.45, 7) is 7.41. The summed E-state index contributed by atoms with van der Waals surface area (Å²) in [5, 5.41) is 5.38. The fraction of sp³-hybridized carbons (Fsp3) is 0.500. The van der Waals surface area contributed by atoms with Crippen LogP contribution in [-0.2, 0) is 18.0 Å². The molecule has 1 amide bonds. The highest BCUT2D eigenvalue weighted by molar-refractivity contribution is 7.73. The maximum Gasteiger partial charge on any atom is 0.225 e. The van der Waals surface area contributed by atoms with E-state index in [0.717, 1.165) is 24.5 Å². The second kappa shape index (κ2) is 7.76. The molecule has 0 bridgehead atoms. The van der Waals surface area contributed by atoms with E-state index < -0.39 is 0 Å². The average molecular weight is 377 g/mol. The zero-order valence-electron chi connectivity index (χ0n) is 14.9. The Hall–Kier alpha value is -1.57. The minimum absolute atomic E-state index is 0.0448. The van der Waals surface area contributed by atoms with Crippen LogP contribution in [0.2, 0.25) is 0 Å². The lowest BCUT2D eigenvalue weighted by atomic mass is 10.2. The molecule has 1 aliphatic rings. The van der Waals surface area contributed by atoms with Crippen molar-refractivity contribution in [2.45, 2.75) is 58.9 Å². The number of carbonyl (C=O) groups excluding carboxylic acids is 1. The summed E-state index contributed by atoms with van der Waals surface area (Å²) < 4.78 is 2.55. The molecular formula is C18H24N4OS2. The van der Waals surface area contributed by atoms with Gasteiger partial charge in [-0.3, -0.25) is 14.6 Å². The lowest BCUT2D eigenvalue weighted by molar-refractivity contribution is -0.116. The molecule has 3 rings (SSSR count). The number of nitrogens with zero attached hydrogens (tertiary/aromatic N) is 4. The van der Waals surface area contributed by atoms with E-state index in [4.69, 9.17) is 12.2 Å². The zero-order valence-corrected chi connectivity index (χ0v) is 16.5. The molecule has 0 atom stereocenters. The van der Waals surface area contributed by atoms with E-state index in [1.54, 1.807) is 11.8 Å². The SMILES string of the molecule is CC(=O)N(c1nn(CN(Cc2ccccc2)C(C)C)c(=S)s1)C1CC1. The van der Waals surface area contributed by atoms with Crippen molar-refractivity contribution in [1.29, 1.82) is 0 Å². The summed E-state index contributed by atoms with van der Waals surface area (Å²) in [6, 6.07) is 11.1. The molecule has 1 aromatic heterocycles. The molecule has 0 radical (unpaired) electrons. The third-order valence-electron chi connectivity index (χ3n) is 4.33. The van der Waals surface area contributed by atoms with Crippen molar-refractivity contribution in [3.05, 3.63) is 39.8 Å². The van der Waals surface area contributed by atoms with Gasteiger partial charge in [-0.25, -0.2) is 4.68 Å². The van der Waals surface area contributed by atoms with Crippen LogP contribution in [0.1, 0.15) is 39.2 Å². The van der Waals surface area contributed by atoms with E-state index in [0.29, 0.717) is 22.7 Å². The van der Waals surface area contributed by atoms with Crippen LogP contribution in [0.4, 0.5) is 5.13 Å². The van der Waals surface area contributed by atoms with Crippen LogP contribution in [0.25, 0.3) is 0 Å². The Bertz CT molecular complexity index is 780. The van der Waals surface area contributed by atoms with Crippen molar-refractivity contribution in [2.24, 2.45) is 0 Å². The van der Waals surface area contributed by atoms with Gasteiger partial charge in [0.05, 0.1) is 6.67 Å². The molecule has 5 nitrogen and oxygen atoms in total. The summed E-state index contributed by atoms with van der Waals surface area (Å²) in [4.78, 5) is 16.1. The Morgan fingerprint density at radius 1 is 1.36 bits per heavy atom. The van der Waals surface area contributed by atoms with E-state index in [2.05, 4.69) is 48.1 Å². The van der Waals surface area contributed by atoms with E-state index in [-0.39, 0.29) is 5.91 Å². The van der Waals surface area contributed by atoms with Crippen molar-refractivity contribution in [2.75, 3.05) is 4.90 Å². The molecule has 0 spiro atoms. The minimum atomic E-state index is 0.0448. The highest BCUT2D eigenvalue weighted by atomic mass is 32.1. The van der Waals surface area contributed by atoms with Crippen molar-refractivity contribution in [3.8, 4) is 0 Å². The molecule has 0 N–H and O–H groups in total. The molecule has 1 saturated carbocycles. The number of rotatable bonds is 7. The maximum absolute atomic E-state index is 12.0. The van der Waals surface area contributed by atoms with Gasteiger partial charge in [0.15, 0.2) is 3.95 Å². The molecule has 1 aliphatic carbocycles. The number of anilines is 1. The first-order chi connectivity index (χ1) is 12.0. The largest absolute Gasteiger partial charge is 0.284 e. The molecule has 2 aromatic rings. The Morgan fingerprint density at radius 2 is 2.04 bits per heavy atom. The molecule has 134 valence electrons. The summed E-state index contributed by atoms with van der Waals surface area (Å²) >= 11 is 6.93. The second-order valence-corrected chi connectivity index (χ2v) is 8.34. The van der Waals surface area contributed by atoms with Gasteiger partial charge in [0.25, 0.3) is 0 Å². The molecule has 0 saturated heterocycles. The number of hydrogen-bond donors (Lipinski definition) is 0. The van der Waals surface area contributed by atoms with Gasteiger partial charge < -0.3 is 0 Å². The smallest absolute Gasteiger partial charge is 0.225 e. The summed E-state index contributed by atoms with van der Waals surface area (Å²) in [7, 11) is 0. The van der Waals surface area contributed by atoms with Gasteiger partial charge in [0.2, 0.25) is 11.0 Å². The Balaban J connectivity index is 1.78. The van der Waals surface area contributed by atoms with E-state index in [9.17, 15) is 4.79 Å². The molecule has 1 heterocycles. The molecule has 0 unspecified atom stereocenters. The third kappa shape index (κ3) is 4.54. The molecule has 7 heteroatoms. The minimum Gasteiger partial charge on any atom is -0.284 e. The highest BCUT2D eigenvalue weighted by Crippen LogP contribution is 2.33. The molecule has 1 fully saturated rings. The maximum atomic E-state index is 12.0. The summed E-state index contributed by atoms with van der Waals surface area (Å²) in [5.74, 6) is 0.0448. The van der Waals surface area contributed by atoms with Gasteiger partial charge in [0, 0.05) is 25.6 Å². The number of aromatic nitrogens is 2. The fourth-order valence-corrected chi connectivity index (χ4v) is 3.95. The van der Waals surface area contributed by atoms with Crippen LogP contribution < -0.4 is 4.90 Å². The van der Waals surface area contributed by atoms with E-state index in [1.807, 2.05) is 10.7 Å². The van der Waals surface area contributed by atoms with Crippen LogP contribution in [0, 0.1) is 3.95 Å². The number of hydrogen-bond acceptors (Lipinski definition) is 5. The van der Waals surface area contributed by atoms with Gasteiger partial charge in [-0.1, -0.05) is 41.7 Å². The first kappa shape index (κ1) is 18.2. The molecular weight excluding hydrogens is 352 g/mol. The summed E-state index contributed by atoms with van der Waals surface area (Å²) in [6.07, 6.45) is 2.11. The first-order valence-corrected chi connectivity index (χ1v) is 9.84. The van der Waals surface area contributed by atoms with E-state index in [1.165, 1.54) is 16.9 Å². The molecule has 25 heavy (non-hydrogen) atoms. The number of benzene rings is 1. The van der Waals surface area contributed by atoms with Crippen LogP contribution in [-0.4, -0.2) is 32.7 Å². The predicted octanol–water partition coefficient (Wildman–Crippen LogP) is 4.06. The van der Waals surface area contributed by atoms with Crippen LogP contribution >= 0.6 is 23.6 Å². The molecule has 1 aromatic carbocycles. The standard InChI is InChI=1S/C18H24N4OS2/c1-13(2)20(11-15-7-5-4-6-8-15)12-21-18(24)25-17(19-21)22(14(3)23)16-9-10-16/h4-8,13,16H,9-12H2,1-3H3. The normalized spacial score (nSPS) is 14.3. The van der Waals surface area contributed by atoms with Gasteiger partial charge in [-0.05, 0) is 44.5 Å². The van der Waals surface area contributed by atoms with Crippen molar-refractivity contribution in [1.82, 2.24) is 14.7 Å². The third-order valence-corrected chi connectivity index (χ3v) is 5.63. The second-order valence-electron chi connectivity index (χ2n) is 6.74. The summed E-state index contributed by atoms with van der Waals surface area (Å²) in [5.41, 5.74) is 1.27. The van der Waals surface area contributed by atoms with Gasteiger partial charge in [-0.2, -0.15) is 0 Å². The lowest BCUT2D eigenvalue weighted by Crippen LogP contribution is -2.33. The Kier molecular flexibility index (Phi) is 5.66. The first-order valence-electron chi connectivity index (χ1n) is 8.61. The quantitative estimate of drug-likeness (QED) is 0.684. The number of amides is 1. The van der Waals surface area contributed by atoms with Crippen LogP contribution in [0.3, 0.4) is 0 Å². The predicted molar refractivity (Wildman–Crippen MR) is 104 cm³/mol. The van der Waals surface area contributed by atoms with Gasteiger partial charge in [-0.15, -0.1) is 5.10 Å². The monoisotopic (exact) mass is 376 g/mol. The lowest BCUT2D eigenvalue weighted by Gasteiger charge is -2.26. The van der Waals surface area contributed by atoms with Crippen molar-refractivity contribution < 1.29 is 4.79 Å². The van der Waals surface area contributed by atoms with Gasteiger partial charge in [0.1, 0.15) is 0 Å². The highest BCUT2D eigenvalue weighted by Gasteiger charge is 2.34. The Labute approximate surface area is 157 Å². The van der Waals surface area contributed by atoms with Crippen LogP contribution in [0.15, 0.2) is 30.3 Å². The van der Waals surface area contributed by atoms with Crippen LogP contribution in [0.5, 0.6) is 0 Å². The van der Waals surface area contributed by atoms with E-state index >= 15 is 0 Å². The average Bonchev–Trinajstić information content (AvgIpc) is 3.32. The number of carbonyl (C=O) groups is 1. The molecule has 0 aliphatic heterocycles.